The van der Waals surface area contributed by atoms with Crippen LogP contribution in [0.5, 0.6) is 0 Å². The minimum atomic E-state index is -1.00. The van der Waals surface area contributed by atoms with Crippen molar-refractivity contribution in [3.63, 3.8) is 0 Å². The molecule has 1 atom stereocenters. The molecule has 0 aliphatic heterocycles. The molecular formula is C20H19FN2O4. The van der Waals surface area contributed by atoms with Crippen LogP contribution in [0.3, 0.4) is 0 Å². The van der Waals surface area contributed by atoms with E-state index in [1.54, 1.807) is 13.8 Å². The average Bonchev–Trinajstić information content (AvgIpc) is 2.61. The van der Waals surface area contributed by atoms with Gasteiger partial charge in [-0.25, -0.2) is 4.39 Å². The van der Waals surface area contributed by atoms with Gasteiger partial charge in [-0.3, -0.25) is 14.4 Å². The van der Waals surface area contributed by atoms with Crippen molar-refractivity contribution in [1.29, 1.82) is 5.26 Å². The van der Waals surface area contributed by atoms with E-state index in [1.807, 2.05) is 6.07 Å². The van der Waals surface area contributed by atoms with Gasteiger partial charge in [0, 0.05) is 17.7 Å². The molecule has 7 heteroatoms. The summed E-state index contributed by atoms with van der Waals surface area (Å²) in [6, 6.07) is 6.85. The number of aryl methyl sites for hydroxylation is 1. The second-order valence-electron chi connectivity index (χ2n) is 6.17. The maximum atomic E-state index is 12.9. The summed E-state index contributed by atoms with van der Waals surface area (Å²) in [5, 5.41) is 9.07. The number of H-pyrrole nitrogens is 1. The van der Waals surface area contributed by atoms with Gasteiger partial charge in [-0.05, 0) is 62.6 Å². The second-order valence-corrected chi connectivity index (χ2v) is 6.17. The molecule has 2 aromatic rings. The summed E-state index contributed by atoms with van der Waals surface area (Å²) in [6.45, 7) is 4.80. The van der Waals surface area contributed by atoms with E-state index in [-0.39, 0.29) is 24.0 Å². The summed E-state index contributed by atoms with van der Waals surface area (Å²) in [5.74, 6) is -1.47. The van der Waals surface area contributed by atoms with Gasteiger partial charge in [0.25, 0.3) is 5.56 Å². The van der Waals surface area contributed by atoms with Crippen LogP contribution in [0.1, 0.15) is 46.1 Å². The molecule has 0 saturated heterocycles. The Morgan fingerprint density at radius 2 is 1.89 bits per heavy atom. The molecule has 0 aliphatic rings. The van der Waals surface area contributed by atoms with Crippen molar-refractivity contribution in [2.45, 2.75) is 39.7 Å². The van der Waals surface area contributed by atoms with Crippen molar-refractivity contribution >= 4 is 11.8 Å². The number of nitriles is 1. The number of hydrogen-bond acceptors (Lipinski definition) is 5. The molecule has 2 rings (SSSR count). The molecule has 0 fully saturated rings. The van der Waals surface area contributed by atoms with Gasteiger partial charge in [0.2, 0.25) is 5.78 Å². The summed E-state index contributed by atoms with van der Waals surface area (Å²) in [7, 11) is 0. The van der Waals surface area contributed by atoms with Gasteiger partial charge in [0.05, 0.1) is 0 Å². The third-order valence-corrected chi connectivity index (χ3v) is 4.31. The molecule has 0 aliphatic carbocycles. The summed E-state index contributed by atoms with van der Waals surface area (Å²) in [5.41, 5.74) is 1.62. The van der Waals surface area contributed by atoms with Crippen molar-refractivity contribution in [1.82, 2.24) is 4.98 Å². The number of Topliss-reactive ketones (excluding diaryl/α,β-unsaturated/α-hetero) is 1. The lowest BCUT2D eigenvalue weighted by atomic mass is 9.99. The number of nitrogens with zero attached hydrogens (tertiary/aromatic N) is 1. The lowest BCUT2D eigenvalue weighted by Crippen LogP contribution is -2.25. The summed E-state index contributed by atoms with van der Waals surface area (Å²) < 4.78 is 18.1. The average molecular weight is 370 g/mol. The van der Waals surface area contributed by atoms with Crippen molar-refractivity contribution in [2.75, 3.05) is 0 Å². The fourth-order valence-corrected chi connectivity index (χ4v) is 2.81. The number of pyridine rings is 1. The number of rotatable bonds is 6. The molecule has 27 heavy (non-hydrogen) atoms. The molecule has 0 bridgehead atoms. The zero-order valence-electron chi connectivity index (χ0n) is 15.3. The number of aromatic nitrogens is 1. The molecule has 0 spiro atoms. The SMILES string of the molecule is Cc1[nH]c(=O)c(C#N)c(C)c1CCC(=O)O[C@@H](C)C(=O)c1ccc(F)cc1. The Bertz CT molecular complexity index is 971. The first kappa shape index (κ1) is 20.0. The smallest absolute Gasteiger partial charge is 0.306 e. The molecule has 0 amide bonds. The number of esters is 1. The first-order valence-electron chi connectivity index (χ1n) is 8.36. The van der Waals surface area contributed by atoms with Crippen LogP contribution in [0.2, 0.25) is 0 Å². The lowest BCUT2D eigenvalue weighted by Gasteiger charge is -2.14. The van der Waals surface area contributed by atoms with Crippen molar-refractivity contribution in [2.24, 2.45) is 0 Å². The van der Waals surface area contributed by atoms with Gasteiger partial charge in [-0.15, -0.1) is 0 Å². The molecular weight excluding hydrogens is 351 g/mol. The van der Waals surface area contributed by atoms with Crippen LogP contribution in [0, 0.1) is 31.0 Å². The predicted molar refractivity (Wildman–Crippen MR) is 95.9 cm³/mol. The van der Waals surface area contributed by atoms with E-state index in [4.69, 9.17) is 10.00 Å². The van der Waals surface area contributed by atoms with Crippen LogP contribution >= 0.6 is 0 Å². The van der Waals surface area contributed by atoms with Crippen LogP contribution < -0.4 is 5.56 Å². The van der Waals surface area contributed by atoms with Gasteiger partial charge in [0.1, 0.15) is 17.4 Å². The summed E-state index contributed by atoms with van der Waals surface area (Å²) >= 11 is 0. The maximum Gasteiger partial charge on any atom is 0.306 e. The van der Waals surface area contributed by atoms with Crippen LogP contribution in [-0.4, -0.2) is 22.8 Å². The number of nitrogens with one attached hydrogen (secondary N) is 1. The number of carbonyl (C=O) groups excluding carboxylic acids is 2. The fourth-order valence-electron chi connectivity index (χ4n) is 2.81. The molecule has 1 aromatic heterocycles. The Kier molecular flexibility index (Phi) is 6.24. The number of hydrogen-bond donors (Lipinski definition) is 1. The quantitative estimate of drug-likeness (QED) is 0.622. The fraction of sp³-hybridized carbons (Fsp3) is 0.300. The van der Waals surface area contributed by atoms with Crippen LogP contribution in [0.4, 0.5) is 4.39 Å². The minimum Gasteiger partial charge on any atom is -0.454 e. The number of ether oxygens (including phenoxy) is 1. The Balaban J connectivity index is 2.02. The van der Waals surface area contributed by atoms with Crippen molar-refractivity contribution in [3.05, 3.63) is 68.4 Å². The minimum absolute atomic E-state index is 0.0143. The number of aromatic amines is 1. The molecule has 1 N–H and O–H groups in total. The second kappa shape index (κ2) is 8.41. The molecule has 0 unspecified atom stereocenters. The first-order valence-corrected chi connectivity index (χ1v) is 8.36. The van der Waals surface area contributed by atoms with E-state index in [0.29, 0.717) is 16.8 Å². The Hall–Kier alpha value is -3.27. The Labute approximate surface area is 155 Å². The van der Waals surface area contributed by atoms with E-state index in [0.717, 1.165) is 12.1 Å². The molecule has 140 valence electrons. The number of benzene rings is 1. The molecule has 1 aromatic carbocycles. The first-order chi connectivity index (χ1) is 12.7. The zero-order chi connectivity index (χ0) is 20.1. The van der Waals surface area contributed by atoms with Crippen molar-refractivity contribution < 1.29 is 18.7 Å². The molecule has 0 radical (unpaired) electrons. The molecule has 6 nitrogen and oxygen atoms in total. The molecule has 0 saturated carbocycles. The van der Waals surface area contributed by atoms with Gasteiger partial charge < -0.3 is 9.72 Å². The summed E-state index contributed by atoms with van der Waals surface area (Å²) in [6.07, 6.45) is -0.755. The van der Waals surface area contributed by atoms with Crippen LogP contribution in [0.15, 0.2) is 29.1 Å². The van der Waals surface area contributed by atoms with Gasteiger partial charge >= 0.3 is 5.97 Å². The Morgan fingerprint density at radius 3 is 2.48 bits per heavy atom. The summed E-state index contributed by atoms with van der Waals surface area (Å²) in [4.78, 5) is 38.6. The van der Waals surface area contributed by atoms with E-state index >= 15 is 0 Å². The highest BCUT2D eigenvalue weighted by atomic mass is 19.1. The largest absolute Gasteiger partial charge is 0.454 e. The van der Waals surface area contributed by atoms with Crippen molar-refractivity contribution in [3.8, 4) is 6.07 Å². The zero-order valence-corrected chi connectivity index (χ0v) is 15.3. The maximum absolute atomic E-state index is 12.9. The number of carbonyl (C=O) groups is 2. The standard InChI is InChI=1S/C20H19FN2O4/c1-11-16(12(2)23-20(26)17(11)10-22)8-9-18(24)27-13(3)19(25)14-4-6-15(21)7-5-14/h4-7,13H,8-9H2,1-3H3,(H,23,26)/t13-/m0/s1. The third kappa shape index (κ3) is 4.67. The Morgan fingerprint density at radius 1 is 1.26 bits per heavy atom. The normalized spacial score (nSPS) is 11.5. The highest BCUT2D eigenvalue weighted by Crippen LogP contribution is 2.16. The van der Waals surface area contributed by atoms with Crippen LogP contribution in [0.25, 0.3) is 0 Å². The van der Waals surface area contributed by atoms with E-state index in [1.165, 1.54) is 19.1 Å². The topological polar surface area (TPSA) is 100 Å². The highest BCUT2D eigenvalue weighted by molar-refractivity contribution is 6.00. The monoisotopic (exact) mass is 370 g/mol. The highest BCUT2D eigenvalue weighted by Gasteiger charge is 2.20. The van der Waals surface area contributed by atoms with E-state index in [2.05, 4.69) is 4.98 Å². The van der Waals surface area contributed by atoms with Crippen LogP contribution in [-0.2, 0) is 16.0 Å². The number of ketones is 1. The van der Waals surface area contributed by atoms with Gasteiger partial charge in [-0.2, -0.15) is 5.26 Å². The van der Waals surface area contributed by atoms with E-state index < -0.39 is 29.2 Å². The predicted octanol–water partition coefficient (Wildman–Crippen LogP) is 2.75. The molecule has 1 heterocycles. The van der Waals surface area contributed by atoms with E-state index in [9.17, 15) is 18.8 Å². The van der Waals surface area contributed by atoms with Gasteiger partial charge in [0.15, 0.2) is 6.10 Å². The third-order valence-electron chi connectivity index (χ3n) is 4.31. The van der Waals surface area contributed by atoms with Gasteiger partial charge in [-0.1, -0.05) is 0 Å². The number of halogens is 1. The lowest BCUT2D eigenvalue weighted by molar-refractivity contribution is -0.146.